The van der Waals surface area contributed by atoms with E-state index < -0.39 is 31.4 Å². The van der Waals surface area contributed by atoms with Crippen LogP contribution < -0.4 is 10.0 Å². The largest absolute Gasteiger partial charge is 0.366 e. The van der Waals surface area contributed by atoms with Crippen LogP contribution in [0.5, 0.6) is 0 Å². The Morgan fingerprint density at radius 1 is 1.25 bits per heavy atom. The Balaban J connectivity index is 2.64. The summed E-state index contributed by atoms with van der Waals surface area (Å²) in [6.45, 7) is 0. The van der Waals surface area contributed by atoms with Gasteiger partial charge in [0.25, 0.3) is 21.6 Å². The van der Waals surface area contributed by atoms with Gasteiger partial charge in [0.1, 0.15) is 0 Å². The molecular weight excluding hydrogens is 402 g/mol. The summed E-state index contributed by atoms with van der Waals surface area (Å²) in [5, 5.41) is 11.2. The molecule has 0 unspecified atom stereocenters. The van der Waals surface area contributed by atoms with Crippen LogP contribution >= 0.6 is 15.9 Å². The highest BCUT2D eigenvalue weighted by Crippen LogP contribution is 2.32. The number of anilines is 1. The van der Waals surface area contributed by atoms with Crippen LogP contribution in [0.3, 0.4) is 0 Å². The molecule has 2 N–H and O–H groups in total. The first-order valence-electron chi connectivity index (χ1n) is 6.48. The SMILES string of the molecule is CN(c1ccccc1C(N)=O)S(=O)(=O)c1ccc(Br)cc1[N+](=O)[O-]. The van der Waals surface area contributed by atoms with Crippen LogP contribution in [0.2, 0.25) is 0 Å². The number of primary amides is 1. The van der Waals surface area contributed by atoms with Gasteiger partial charge in [-0.05, 0) is 24.3 Å². The number of rotatable bonds is 5. The van der Waals surface area contributed by atoms with Gasteiger partial charge in [0.2, 0.25) is 0 Å². The summed E-state index contributed by atoms with van der Waals surface area (Å²) in [5.74, 6) is -0.807. The van der Waals surface area contributed by atoms with Gasteiger partial charge in [-0.3, -0.25) is 19.2 Å². The maximum Gasteiger partial charge on any atom is 0.291 e. The minimum absolute atomic E-state index is 0.0108. The van der Waals surface area contributed by atoms with Crippen molar-refractivity contribution in [2.45, 2.75) is 4.90 Å². The molecule has 0 bridgehead atoms. The van der Waals surface area contributed by atoms with Crippen molar-refractivity contribution in [1.82, 2.24) is 0 Å². The van der Waals surface area contributed by atoms with Gasteiger partial charge >= 0.3 is 0 Å². The van der Waals surface area contributed by atoms with Crippen molar-refractivity contribution in [3.63, 3.8) is 0 Å². The Kier molecular flexibility index (Phi) is 4.90. The fourth-order valence-corrected chi connectivity index (χ4v) is 3.78. The highest BCUT2D eigenvalue weighted by atomic mass is 79.9. The van der Waals surface area contributed by atoms with Gasteiger partial charge in [0.05, 0.1) is 16.2 Å². The molecule has 8 nitrogen and oxygen atoms in total. The highest BCUT2D eigenvalue weighted by Gasteiger charge is 2.31. The molecule has 0 aromatic heterocycles. The zero-order valence-electron chi connectivity index (χ0n) is 12.3. The molecule has 10 heteroatoms. The molecular formula is C14H12BrN3O5S. The van der Waals surface area contributed by atoms with Crippen molar-refractivity contribution >= 4 is 43.2 Å². The lowest BCUT2D eigenvalue weighted by Crippen LogP contribution is -2.29. The van der Waals surface area contributed by atoms with E-state index in [1.807, 2.05) is 0 Å². The maximum absolute atomic E-state index is 12.8. The average Bonchev–Trinajstić information content (AvgIpc) is 2.53. The molecule has 0 aliphatic heterocycles. The van der Waals surface area contributed by atoms with E-state index in [0.29, 0.717) is 4.47 Å². The molecule has 1 amide bonds. The van der Waals surface area contributed by atoms with E-state index in [2.05, 4.69) is 15.9 Å². The normalized spacial score (nSPS) is 11.1. The van der Waals surface area contributed by atoms with E-state index in [1.54, 1.807) is 0 Å². The van der Waals surface area contributed by atoms with Gasteiger partial charge in [-0.25, -0.2) is 8.42 Å². The van der Waals surface area contributed by atoms with Gasteiger partial charge in [0.15, 0.2) is 4.90 Å². The number of benzene rings is 2. The van der Waals surface area contributed by atoms with E-state index >= 15 is 0 Å². The number of nitro groups is 1. The quantitative estimate of drug-likeness (QED) is 0.594. The lowest BCUT2D eigenvalue weighted by molar-refractivity contribution is -0.387. The predicted octanol–water partition coefficient (Wildman–Crippen LogP) is 2.28. The van der Waals surface area contributed by atoms with Crippen molar-refractivity contribution in [3.8, 4) is 0 Å². The molecule has 126 valence electrons. The number of nitro benzene ring substituents is 1. The Labute approximate surface area is 146 Å². The molecule has 24 heavy (non-hydrogen) atoms. The van der Waals surface area contributed by atoms with Crippen molar-refractivity contribution < 1.29 is 18.1 Å². The van der Waals surface area contributed by atoms with E-state index in [9.17, 15) is 23.3 Å². The molecule has 0 heterocycles. The van der Waals surface area contributed by atoms with Gasteiger partial charge < -0.3 is 5.73 Å². The summed E-state index contributed by atoms with van der Waals surface area (Å²) in [4.78, 5) is 21.4. The molecule has 0 aliphatic carbocycles. The first-order valence-corrected chi connectivity index (χ1v) is 8.71. The van der Waals surface area contributed by atoms with Crippen LogP contribution in [-0.4, -0.2) is 26.3 Å². The summed E-state index contributed by atoms with van der Waals surface area (Å²) in [6.07, 6.45) is 0. The van der Waals surface area contributed by atoms with Crippen LogP contribution in [0.1, 0.15) is 10.4 Å². The highest BCUT2D eigenvalue weighted by molar-refractivity contribution is 9.10. The minimum atomic E-state index is -4.28. The van der Waals surface area contributed by atoms with E-state index in [1.165, 1.54) is 37.4 Å². The fraction of sp³-hybridized carbons (Fsp3) is 0.0714. The number of hydrogen-bond acceptors (Lipinski definition) is 5. The molecule has 0 aliphatic rings. The number of carbonyl (C=O) groups excluding carboxylic acids is 1. The summed E-state index contributed by atoms with van der Waals surface area (Å²) in [7, 11) is -3.08. The summed E-state index contributed by atoms with van der Waals surface area (Å²) in [6, 6.07) is 9.44. The topological polar surface area (TPSA) is 124 Å². The van der Waals surface area contributed by atoms with Gasteiger partial charge in [-0.1, -0.05) is 28.1 Å². The minimum Gasteiger partial charge on any atom is -0.366 e. The number of nitrogens with zero attached hydrogens (tertiary/aromatic N) is 2. The summed E-state index contributed by atoms with van der Waals surface area (Å²) in [5.41, 5.74) is 4.70. The molecule has 0 spiro atoms. The molecule has 0 fully saturated rings. The van der Waals surface area contributed by atoms with E-state index in [0.717, 1.165) is 16.4 Å². The van der Waals surface area contributed by atoms with Crippen LogP contribution in [0.4, 0.5) is 11.4 Å². The fourth-order valence-electron chi connectivity index (χ4n) is 2.08. The third-order valence-electron chi connectivity index (χ3n) is 3.26. The Bertz CT molecular complexity index is 930. The second-order valence-electron chi connectivity index (χ2n) is 4.72. The van der Waals surface area contributed by atoms with Crippen LogP contribution in [0.15, 0.2) is 51.8 Å². The first-order chi connectivity index (χ1) is 11.2. The molecule has 0 saturated carbocycles. The zero-order chi connectivity index (χ0) is 18.1. The van der Waals surface area contributed by atoms with Crippen LogP contribution in [0, 0.1) is 10.1 Å². The Hall–Kier alpha value is -2.46. The number of amides is 1. The smallest absolute Gasteiger partial charge is 0.291 e. The molecule has 0 radical (unpaired) electrons. The van der Waals surface area contributed by atoms with Crippen molar-refractivity contribution in [1.29, 1.82) is 0 Å². The number of para-hydroxylation sites is 1. The van der Waals surface area contributed by atoms with E-state index in [-0.39, 0.29) is 11.3 Å². The van der Waals surface area contributed by atoms with Gasteiger partial charge in [0, 0.05) is 17.6 Å². The molecule has 0 saturated heterocycles. The molecule has 0 atom stereocenters. The Morgan fingerprint density at radius 2 is 1.88 bits per heavy atom. The average molecular weight is 414 g/mol. The second-order valence-corrected chi connectivity index (χ2v) is 7.58. The lowest BCUT2D eigenvalue weighted by atomic mass is 10.2. The molecule has 2 aromatic carbocycles. The molecule has 2 aromatic rings. The van der Waals surface area contributed by atoms with Crippen molar-refractivity contribution in [2.24, 2.45) is 5.73 Å². The number of halogens is 1. The third kappa shape index (κ3) is 3.24. The predicted molar refractivity (Wildman–Crippen MR) is 91.3 cm³/mol. The number of sulfonamides is 1. The second kappa shape index (κ2) is 6.57. The van der Waals surface area contributed by atoms with Crippen molar-refractivity contribution in [3.05, 3.63) is 62.6 Å². The lowest BCUT2D eigenvalue weighted by Gasteiger charge is -2.21. The third-order valence-corrected chi connectivity index (χ3v) is 5.58. The number of hydrogen-bond donors (Lipinski definition) is 1. The number of nitrogens with two attached hydrogens (primary N) is 1. The van der Waals surface area contributed by atoms with E-state index in [4.69, 9.17) is 5.73 Å². The maximum atomic E-state index is 12.8. The van der Waals surface area contributed by atoms with Crippen LogP contribution in [-0.2, 0) is 10.0 Å². The zero-order valence-corrected chi connectivity index (χ0v) is 14.7. The van der Waals surface area contributed by atoms with Gasteiger partial charge in [-0.15, -0.1) is 0 Å². The monoisotopic (exact) mass is 413 g/mol. The first kappa shape index (κ1) is 17.9. The van der Waals surface area contributed by atoms with Crippen molar-refractivity contribution in [2.75, 3.05) is 11.4 Å². The summed E-state index contributed by atoms with van der Waals surface area (Å²) < 4.78 is 26.8. The Morgan fingerprint density at radius 3 is 2.46 bits per heavy atom. The molecule has 2 rings (SSSR count). The van der Waals surface area contributed by atoms with Crippen LogP contribution in [0.25, 0.3) is 0 Å². The standard InChI is InChI=1S/C14H12BrN3O5S/c1-17(11-5-3-2-4-10(11)14(16)19)24(22,23)13-7-6-9(15)8-12(13)18(20)21/h2-8H,1H3,(H2,16,19). The number of carbonyl (C=O) groups is 1. The van der Waals surface area contributed by atoms with Gasteiger partial charge in [-0.2, -0.15) is 0 Å². The summed E-state index contributed by atoms with van der Waals surface area (Å²) >= 11 is 3.07.